The first-order valence-corrected chi connectivity index (χ1v) is 7.76. The van der Waals surface area contributed by atoms with E-state index in [2.05, 4.69) is 15.9 Å². The van der Waals surface area contributed by atoms with E-state index in [1.165, 1.54) is 19.3 Å². The van der Waals surface area contributed by atoms with Gasteiger partial charge in [0.15, 0.2) is 5.78 Å². The van der Waals surface area contributed by atoms with Gasteiger partial charge in [-0.1, -0.05) is 35.2 Å². The second kappa shape index (κ2) is 6.93. The Bertz CT molecular complexity index is 380. The van der Waals surface area contributed by atoms with E-state index in [1.807, 2.05) is 24.3 Å². The predicted octanol–water partition coefficient (Wildman–Crippen LogP) is 4.22. The maximum Gasteiger partial charge on any atom is 0.165 e. The summed E-state index contributed by atoms with van der Waals surface area (Å²) in [7, 11) is 0. The number of hydrogen-bond acceptors (Lipinski definition) is 2. The second-order valence-electron chi connectivity index (χ2n) is 4.76. The lowest BCUT2D eigenvalue weighted by Crippen LogP contribution is -2.17. The number of alkyl halides is 1. The van der Waals surface area contributed by atoms with E-state index >= 15 is 0 Å². The van der Waals surface area contributed by atoms with Crippen LogP contribution in [0.15, 0.2) is 24.3 Å². The summed E-state index contributed by atoms with van der Waals surface area (Å²) in [5.41, 5.74) is 0.827. The third kappa shape index (κ3) is 3.58. The molecule has 0 radical (unpaired) electrons. The van der Waals surface area contributed by atoms with Gasteiger partial charge >= 0.3 is 0 Å². The van der Waals surface area contributed by atoms with Crippen LogP contribution in [0.25, 0.3) is 0 Å². The molecule has 0 spiro atoms. The lowest BCUT2D eigenvalue weighted by molar-refractivity contribution is 0.0889. The van der Waals surface area contributed by atoms with Gasteiger partial charge < -0.3 is 4.74 Å². The summed E-state index contributed by atoms with van der Waals surface area (Å²) in [5, 5.41) is 0.815. The topological polar surface area (TPSA) is 26.3 Å². The number of halogens is 1. The highest BCUT2D eigenvalue weighted by atomic mass is 79.9. The van der Waals surface area contributed by atoms with Crippen LogP contribution in [-0.4, -0.2) is 17.7 Å². The predicted molar refractivity (Wildman–Crippen MR) is 76.6 cm³/mol. The molecule has 0 aliphatic heterocycles. The second-order valence-corrected chi connectivity index (χ2v) is 5.55. The van der Waals surface area contributed by atoms with Gasteiger partial charge in [-0.25, -0.2) is 0 Å². The fourth-order valence-electron chi connectivity index (χ4n) is 2.47. The zero-order valence-electron chi connectivity index (χ0n) is 10.5. The number of carbonyl (C=O) groups excluding carboxylic acids is 1. The molecule has 0 saturated heterocycles. The molecule has 0 atom stereocenters. The Morgan fingerprint density at radius 1 is 1.17 bits per heavy atom. The molecule has 1 aromatic rings. The highest BCUT2D eigenvalue weighted by molar-refractivity contribution is 9.09. The molecular weight excluding hydrogens is 292 g/mol. The first-order chi connectivity index (χ1) is 8.81. The fourth-order valence-corrected chi connectivity index (χ4v) is 2.63. The van der Waals surface area contributed by atoms with Gasteiger partial charge in [-0.3, -0.25) is 4.79 Å². The van der Waals surface area contributed by atoms with Crippen molar-refractivity contribution in [2.45, 2.75) is 32.1 Å². The fraction of sp³-hybridized carbons (Fsp3) is 0.533. The molecule has 0 amide bonds. The SMILES string of the molecule is O=C(c1ccc(OCCBr)cc1)C1CCCCC1. The van der Waals surface area contributed by atoms with Crippen molar-refractivity contribution in [3.8, 4) is 5.75 Å². The molecule has 3 heteroatoms. The number of rotatable bonds is 5. The van der Waals surface area contributed by atoms with Crippen molar-refractivity contribution in [3.05, 3.63) is 29.8 Å². The van der Waals surface area contributed by atoms with Crippen molar-refractivity contribution >= 4 is 21.7 Å². The zero-order valence-corrected chi connectivity index (χ0v) is 12.1. The minimum Gasteiger partial charge on any atom is -0.493 e. The average Bonchev–Trinajstić information content (AvgIpc) is 2.46. The van der Waals surface area contributed by atoms with Crippen molar-refractivity contribution in [1.29, 1.82) is 0 Å². The van der Waals surface area contributed by atoms with E-state index in [0.29, 0.717) is 12.4 Å². The molecule has 18 heavy (non-hydrogen) atoms. The summed E-state index contributed by atoms with van der Waals surface area (Å²) >= 11 is 3.32. The van der Waals surface area contributed by atoms with Crippen LogP contribution in [-0.2, 0) is 0 Å². The summed E-state index contributed by atoms with van der Waals surface area (Å²) in [4.78, 5) is 12.3. The van der Waals surface area contributed by atoms with Gasteiger partial charge in [0.05, 0.1) is 6.61 Å². The van der Waals surface area contributed by atoms with Crippen molar-refractivity contribution in [1.82, 2.24) is 0 Å². The quantitative estimate of drug-likeness (QED) is 0.601. The van der Waals surface area contributed by atoms with Crippen LogP contribution >= 0.6 is 15.9 Å². The summed E-state index contributed by atoms with van der Waals surface area (Å²) in [6, 6.07) is 7.55. The largest absolute Gasteiger partial charge is 0.493 e. The number of ether oxygens (including phenoxy) is 1. The van der Waals surface area contributed by atoms with E-state index in [1.54, 1.807) is 0 Å². The summed E-state index contributed by atoms with van der Waals surface area (Å²) in [6.45, 7) is 0.649. The van der Waals surface area contributed by atoms with Crippen molar-refractivity contribution in [2.24, 2.45) is 5.92 Å². The molecule has 2 rings (SSSR count). The molecule has 1 saturated carbocycles. The van der Waals surface area contributed by atoms with Gasteiger partial charge in [-0.15, -0.1) is 0 Å². The highest BCUT2D eigenvalue weighted by Gasteiger charge is 2.22. The van der Waals surface area contributed by atoms with Gasteiger partial charge in [0.1, 0.15) is 5.75 Å². The molecule has 1 aromatic carbocycles. The Morgan fingerprint density at radius 3 is 2.44 bits per heavy atom. The number of Topliss-reactive ketones (excluding diaryl/α,β-unsaturated/α-hetero) is 1. The van der Waals surface area contributed by atoms with Crippen LogP contribution in [0.4, 0.5) is 0 Å². The minimum atomic E-state index is 0.244. The Labute approximate surface area is 117 Å². The first kappa shape index (κ1) is 13.6. The number of hydrogen-bond donors (Lipinski definition) is 0. The van der Waals surface area contributed by atoms with Gasteiger partial charge in [0.2, 0.25) is 0 Å². The van der Waals surface area contributed by atoms with Crippen LogP contribution in [0.3, 0.4) is 0 Å². The van der Waals surface area contributed by atoms with Crippen LogP contribution < -0.4 is 4.74 Å². The molecule has 98 valence electrons. The zero-order chi connectivity index (χ0) is 12.8. The molecule has 2 nitrogen and oxygen atoms in total. The maximum atomic E-state index is 12.3. The normalized spacial score (nSPS) is 16.5. The monoisotopic (exact) mass is 310 g/mol. The van der Waals surface area contributed by atoms with Crippen molar-refractivity contribution in [2.75, 3.05) is 11.9 Å². The van der Waals surface area contributed by atoms with Gasteiger partial charge in [-0.2, -0.15) is 0 Å². The van der Waals surface area contributed by atoms with Crippen molar-refractivity contribution in [3.63, 3.8) is 0 Å². The average molecular weight is 311 g/mol. The van der Waals surface area contributed by atoms with E-state index in [4.69, 9.17) is 4.74 Å². The Hall–Kier alpha value is -0.830. The van der Waals surface area contributed by atoms with Crippen molar-refractivity contribution < 1.29 is 9.53 Å². The smallest absolute Gasteiger partial charge is 0.165 e. The summed E-state index contributed by atoms with van der Waals surface area (Å²) in [6.07, 6.45) is 5.79. The number of benzene rings is 1. The summed E-state index contributed by atoms with van der Waals surface area (Å²) in [5.74, 6) is 1.38. The Morgan fingerprint density at radius 2 is 1.83 bits per heavy atom. The van der Waals surface area contributed by atoms with E-state index in [9.17, 15) is 4.79 Å². The first-order valence-electron chi connectivity index (χ1n) is 6.64. The van der Waals surface area contributed by atoms with E-state index in [-0.39, 0.29) is 5.92 Å². The van der Waals surface area contributed by atoms with E-state index in [0.717, 1.165) is 29.5 Å². The molecule has 1 aliphatic rings. The number of carbonyl (C=O) groups is 1. The lowest BCUT2D eigenvalue weighted by atomic mass is 9.84. The van der Waals surface area contributed by atoms with E-state index < -0.39 is 0 Å². The molecule has 0 unspecified atom stereocenters. The van der Waals surface area contributed by atoms with Gasteiger partial charge in [0, 0.05) is 16.8 Å². The molecular formula is C15H19BrO2. The van der Waals surface area contributed by atoms with Gasteiger partial charge in [-0.05, 0) is 37.1 Å². The molecule has 0 bridgehead atoms. The third-order valence-corrected chi connectivity index (χ3v) is 3.78. The van der Waals surface area contributed by atoms with Crippen LogP contribution in [0.1, 0.15) is 42.5 Å². The van der Waals surface area contributed by atoms with Gasteiger partial charge in [0.25, 0.3) is 0 Å². The molecule has 0 aromatic heterocycles. The van der Waals surface area contributed by atoms with Crippen LogP contribution in [0, 0.1) is 5.92 Å². The Kier molecular flexibility index (Phi) is 5.24. The van der Waals surface area contributed by atoms with Crippen LogP contribution in [0.5, 0.6) is 5.75 Å². The third-order valence-electron chi connectivity index (χ3n) is 3.46. The lowest BCUT2D eigenvalue weighted by Gasteiger charge is -2.20. The molecule has 1 fully saturated rings. The van der Waals surface area contributed by atoms with Crippen LogP contribution in [0.2, 0.25) is 0 Å². The molecule has 1 aliphatic carbocycles. The number of ketones is 1. The molecule has 0 heterocycles. The molecule has 0 N–H and O–H groups in total. The summed E-state index contributed by atoms with van der Waals surface area (Å²) < 4.78 is 5.48. The Balaban J connectivity index is 1.97. The standard InChI is InChI=1S/C15H19BrO2/c16-10-11-18-14-8-6-13(7-9-14)15(17)12-4-2-1-3-5-12/h6-9,12H,1-5,10-11H2. The minimum absolute atomic E-state index is 0.244. The maximum absolute atomic E-state index is 12.3. The highest BCUT2D eigenvalue weighted by Crippen LogP contribution is 2.27.